The molecule has 0 aliphatic rings. The Hall–Kier alpha value is -1.84. The lowest BCUT2D eigenvalue weighted by Gasteiger charge is -2.04. The lowest BCUT2D eigenvalue weighted by Crippen LogP contribution is -1.95. The summed E-state index contributed by atoms with van der Waals surface area (Å²) in [6.07, 6.45) is 2.48. The average Bonchev–Trinajstić information content (AvgIpc) is 2.78. The molecule has 17 heavy (non-hydrogen) atoms. The van der Waals surface area contributed by atoms with E-state index in [2.05, 4.69) is 17.1 Å². The molecule has 0 saturated carbocycles. The van der Waals surface area contributed by atoms with Crippen molar-refractivity contribution in [3.8, 4) is 5.75 Å². The summed E-state index contributed by atoms with van der Waals surface area (Å²) in [6.45, 7) is 2.09. The second kappa shape index (κ2) is 5.48. The molecule has 0 spiro atoms. The van der Waals surface area contributed by atoms with Crippen molar-refractivity contribution in [1.29, 1.82) is 0 Å². The highest BCUT2D eigenvalue weighted by Gasteiger charge is 2.09. The van der Waals surface area contributed by atoms with Gasteiger partial charge in [0.1, 0.15) is 5.75 Å². The number of ether oxygens (including phenoxy) is 1. The number of methoxy groups -OCH3 is 1. The van der Waals surface area contributed by atoms with Gasteiger partial charge in [-0.3, -0.25) is 0 Å². The number of benzene rings is 1. The maximum atomic E-state index is 5.29. The topological polar surface area (TPSA) is 48.2 Å². The first-order chi connectivity index (χ1) is 8.33. The third-order valence-electron chi connectivity index (χ3n) is 2.52. The minimum absolute atomic E-state index is 0.636. The van der Waals surface area contributed by atoms with Gasteiger partial charge in [-0.25, -0.2) is 0 Å². The van der Waals surface area contributed by atoms with Gasteiger partial charge >= 0.3 is 0 Å². The summed E-state index contributed by atoms with van der Waals surface area (Å²) in [5, 5.41) is 3.96. The van der Waals surface area contributed by atoms with Gasteiger partial charge < -0.3 is 9.26 Å². The van der Waals surface area contributed by atoms with Crippen LogP contribution in [-0.4, -0.2) is 17.3 Å². The van der Waals surface area contributed by atoms with Crippen molar-refractivity contribution in [3.63, 3.8) is 0 Å². The molecule has 0 radical (unpaired) electrons. The fourth-order valence-electron chi connectivity index (χ4n) is 1.70. The van der Waals surface area contributed by atoms with Crippen LogP contribution in [0.25, 0.3) is 0 Å². The zero-order valence-corrected chi connectivity index (χ0v) is 10.1. The monoisotopic (exact) mass is 232 g/mol. The fourth-order valence-corrected chi connectivity index (χ4v) is 1.70. The van der Waals surface area contributed by atoms with Gasteiger partial charge in [0.05, 0.1) is 7.11 Å². The Morgan fingerprint density at radius 2 is 2.12 bits per heavy atom. The van der Waals surface area contributed by atoms with E-state index >= 15 is 0 Å². The maximum absolute atomic E-state index is 5.29. The maximum Gasteiger partial charge on any atom is 0.226 e. The molecule has 0 bridgehead atoms. The third-order valence-corrected chi connectivity index (χ3v) is 2.52. The zero-order valence-electron chi connectivity index (χ0n) is 10.1. The molecule has 1 aromatic carbocycles. The number of hydrogen-bond acceptors (Lipinski definition) is 4. The SMILES string of the molecule is CCCc1nc(Cc2ccccc2OC)no1. The van der Waals surface area contributed by atoms with E-state index in [1.807, 2.05) is 24.3 Å². The molecule has 0 saturated heterocycles. The fraction of sp³-hybridized carbons (Fsp3) is 0.385. The highest BCUT2D eigenvalue weighted by Crippen LogP contribution is 2.19. The molecule has 0 aliphatic heterocycles. The number of aryl methyl sites for hydroxylation is 1. The van der Waals surface area contributed by atoms with Crippen molar-refractivity contribution in [2.24, 2.45) is 0 Å². The van der Waals surface area contributed by atoms with Crippen molar-refractivity contribution in [1.82, 2.24) is 10.1 Å². The predicted octanol–water partition coefficient (Wildman–Crippen LogP) is 2.62. The van der Waals surface area contributed by atoms with Crippen molar-refractivity contribution >= 4 is 0 Å². The Morgan fingerprint density at radius 3 is 2.88 bits per heavy atom. The largest absolute Gasteiger partial charge is 0.496 e. The van der Waals surface area contributed by atoms with Crippen LogP contribution >= 0.6 is 0 Å². The van der Waals surface area contributed by atoms with E-state index in [1.54, 1.807) is 7.11 Å². The second-order valence-corrected chi connectivity index (χ2v) is 3.84. The quantitative estimate of drug-likeness (QED) is 0.795. The molecule has 0 N–H and O–H groups in total. The van der Waals surface area contributed by atoms with E-state index in [0.29, 0.717) is 18.1 Å². The molecule has 1 heterocycles. The van der Waals surface area contributed by atoms with Gasteiger partial charge in [0.25, 0.3) is 0 Å². The first-order valence-corrected chi connectivity index (χ1v) is 5.77. The molecule has 0 amide bonds. The second-order valence-electron chi connectivity index (χ2n) is 3.84. The van der Waals surface area contributed by atoms with Gasteiger partial charge in [0.2, 0.25) is 5.89 Å². The summed E-state index contributed by atoms with van der Waals surface area (Å²) in [4.78, 5) is 4.34. The standard InChI is InChI=1S/C13H16N2O2/c1-3-6-13-14-12(15-17-13)9-10-7-4-5-8-11(10)16-2/h4-5,7-8H,3,6,9H2,1-2H3. The van der Waals surface area contributed by atoms with Crippen LogP contribution in [0.5, 0.6) is 5.75 Å². The third kappa shape index (κ3) is 2.84. The van der Waals surface area contributed by atoms with E-state index in [0.717, 1.165) is 24.2 Å². The Morgan fingerprint density at radius 1 is 1.29 bits per heavy atom. The minimum atomic E-state index is 0.636. The summed E-state index contributed by atoms with van der Waals surface area (Å²) in [5.74, 6) is 2.27. The molecule has 4 nitrogen and oxygen atoms in total. The van der Waals surface area contributed by atoms with Crippen LogP contribution in [0.4, 0.5) is 0 Å². The zero-order chi connectivity index (χ0) is 12.1. The summed E-state index contributed by atoms with van der Waals surface area (Å²) in [5.41, 5.74) is 1.07. The van der Waals surface area contributed by atoms with E-state index < -0.39 is 0 Å². The number of para-hydroxylation sites is 1. The average molecular weight is 232 g/mol. The first kappa shape index (κ1) is 11.6. The molecule has 90 valence electrons. The van der Waals surface area contributed by atoms with Gasteiger partial charge in [0, 0.05) is 18.4 Å². The highest BCUT2D eigenvalue weighted by atomic mass is 16.5. The molecule has 2 aromatic rings. The molecule has 0 atom stereocenters. The molecule has 2 rings (SSSR count). The van der Waals surface area contributed by atoms with E-state index in [9.17, 15) is 0 Å². The lowest BCUT2D eigenvalue weighted by atomic mass is 10.1. The van der Waals surface area contributed by atoms with Crippen LogP contribution in [0.15, 0.2) is 28.8 Å². The van der Waals surface area contributed by atoms with Crippen molar-refractivity contribution in [2.45, 2.75) is 26.2 Å². The van der Waals surface area contributed by atoms with E-state index in [4.69, 9.17) is 9.26 Å². The molecule has 4 heteroatoms. The molecule has 0 aliphatic carbocycles. The van der Waals surface area contributed by atoms with Crippen molar-refractivity contribution < 1.29 is 9.26 Å². The van der Waals surface area contributed by atoms with Crippen molar-refractivity contribution in [3.05, 3.63) is 41.5 Å². The van der Waals surface area contributed by atoms with Gasteiger partial charge in [-0.05, 0) is 12.5 Å². The molecule has 0 fully saturated rings. The number of hydrogen-bond donors (Lipinski definition) is 0. The van der Waals surface area contributed by atoms with Crippen LogP contribution in [0.1, 0.15) is 30.6 Å². The van der Waals surface area contributed by atoms with E-state index in [-0.39, 0.29) is 0 Å². The minimum Gasteiger partial charge on any atom is -0.496 e. The Bertz CT molecular complexity index is 480. The summed E-state index contributed by atoms with van der Waals surface area (Å²) in [7, 11) is 1.66. The molecule has 1 aromatic heterocycles. The van der Waals surface area contributed by atoms with Gasteiger partial charge in [0.15, 0.2) is 5.82 Å². The van der Waals surface area contributed by atoms with Gasteiger partial charge in [-0.15, -0.1) is 0 Å². The summed E-state index contributed by atoms with van der Waals surface area (Å²) in [6, 6.07) is 7.86. The van der Waals surface area contributed by atoms with Crippen LogP contribution in [0, 0.1) is 0 Å². The predicted molar refractivity (Wildman–Crippen MR) is 64.1 cm³/mol. The normalized spacial score (nSPS) is 10.5. The summed E-state index contributed by atoms with van der Waals surface area (Å²) < 4.78 is 10.4. The number of nitrogens with zero attached hydrogens (tertiary/aromatic N) is 2. The number of aromatic nitrogens is 2. The Labute approximate surface area is 101 Å². The van der Waals surface area contributed by atoms with Crippen LogP contribution in [0.2, 0.25) is 0 Å². The first-order valence-electron chi connectivity index (χ1n) is 5.77. The van der Waals surface area contributed by atoms with E-state index in [1.165, 1.54) is 0 Å². The smallest absolute Gasteiger partial charge is 0.226 e. The van der Waals surface area contributed by atoms with Crippen LogP contribution in [-0.2, 0) is 12.8 Å². The molecule has 0 unspecified atom stereocenters. The molecular weight excluding hydrogens is 216 g/mol. The van der Waals surface area contributed by atoms with Gasteiger partial charge in [-0.1, -0.05) is 30.3 Å². The Balaban J connectivity index is 2.13. The number of rotatable bonds is 5. The van der Waals surface area contributed by atoms with Gasteiger partial charge in [-0.2, -0.15) is 4.98 Å². The van der Waals surface area contributed by atoms with Crippen LogP contribution < -0.4 is 4.74 Å². The Kier molecular flexibility index (Phi) is 3.75. The van der Waals surface area contributed by atoms with Crippen molar-refractivity contribution in [2.75, 3.05) is 7.11 Å². The molecular formula is C13H16N2O2. The highest BCUT2D eigenvalue weighted by molar-refractivity contribution is 5.35. The van der Waals surface area contributed by atoms with Crippen LogP contribution in [0.3, 0.4) is 0 Å². The summed E-state index contributed by atoms with van der Waals surface area (Å²) >= 11 is 0. The lowest BCUT2D eigenvalue weighted by molar-refractivity contribution is 0.372.